The maximum Gasteiger partial charge on any atom is 0.0882 e. The number of hydrogen-bond acceptors (Lipinski definition) is 2. The summed E-state index contributed by atoms with van der Waals surface area (Å²) < 4.78 is 12.2. The summed E-state index contributed by atoms with van der Waals surface area (Å²) in [5.74, 6) is 0. The first kappa shape index (κ1) is 17.2. The van der Waals surface area contributed by atoms with Gasteiger partial charge in [0.15, 0.2) is 0 Å². The molecular formula is C18H30O2. The van der Waals surface area contributed by atoms with E-state index in [9.17, 15) is 0 Å². The summed E-state index contributed by atoms with van der Waals surface area (Å²) in [6, 6.07) is 8.41. The van der Waals surface area contributed by atoms with Crippen LogP contribution in [-0.4, -0.2) is 12.2 Å². The molecule has 0 atom stereocenters. The lowest BCUT2D eigenvalue weighted by Crippen LogP contribution is -2.33. The molecule has 0 fully saturated rings. The van der Waals surface area contributed by atoms with E-state index in [1.807, 2.05) is 0 Å². The highest BCUT2D eigenvalue weighted by atomic mass is 16.5. The number of rotatable bonds is 6. The van der Waals surface area contributed by atoms with Crippen LogP contribution in [-0.2, 0) is 20.7 Å². The smallest absolute Gasteiger partial charge is 0.0882 e. The van der Waals surface area contributed by atoms with Crippen LogP contribution in [0.4, 0.5) is 0 Å². The van der Waals surface area contributed by atoms with Crippen molar-refractivity contribution in [3.05, 3.63) is 35.4 Å². The van der Waals surface area contributed by atoms with Crippen molar-refractivity contribution >= 4 is 0 Å². The normalized spacial score (nSPS) is 13.3. The van der Waals surface area contributed by atoms with E-state index in [1.54, 1.807) is 0 Å². The molecule has 2 nitrogen and oxygen atoms in total. The molecule has 0 saturated carbocycles. The first-order valence-electron chi connectivity index (χ1n) is 7.52. The third kappa shape index (κ3) is 4.32. The van der Waals surface area contributed by atoms with Crippen LogP contribution in [0.25, 0.3) is 0 Å². The molecule has 0 radical (unpaired) electrons. The molecule has 0 saturated heterocycles. The van der Waals surface area contributed by atoms with Gasteiger partial charge in [0.2, 0.25) is 0 Å². The molecule has 1 aromatic rings. The number of benzene rings is 1. The molecule has 0 spiro atoms. The highest BCUT2D eigenvalue weighted by Gasteiger charge is 2.32. The molecule has 1 rings (SSSR count). The van der Waals surface area contributed by atoms with Crippen molar-refractivity contribution in [2.45, 2.75) is 78.8 Å². The predicted octanol–water partition coefficient (Wildman–Crippen LogP) is 5.01. The van der Waals surface area contributed by atoms with E-state index in [0.717, 1.165) is 0 Å². The van der Waals surface area contributed by atoms with Crippen LogP contribution in [0.5, 0.6) is 0 Å². The van der Waals surface area contributed by atoms with Gasteiger partial charge in [0, 0.05) is 0 Å². The van der Waals surface area contributed by atoms with Gasteiger partial charge >= 0.3 is 0 Å². The molecule has 20 heavy (non-hydrogen) atoms. The SMILES string of the molecule is CC(C)OC(C)(C)c1ccccc1C(C)(C)OC(C)C. The van der Waals surface area contributed by atoms with E-state index in [0.29, 0.717) is 0 Å². The summed E-state index contributed by atoms with van der Waals surface area (Å²) in [7, 11) is 0. The Kier molecular flexibility index (Phi) is 5.39. The standard InChI is InChI=1S/C18H30O2/c1-13(2)19-17(5,6)15-11-9-10-12-16(15)18(7,8)20-14(3)4/h9-14H,1-8H3. The molecule has 0 bridgehead atoms. The fourth-order valence-electron chi connectivity index (χ4n) is 2.84. The average molecular weight is 278 g/mol. The lowest BCUT2D eigenvalue weighted by Gasteiger charge is -2.36. The van der Waals surface area contributed by atoms with Gasteiger partial charge in [-0.25, -0.2) is 0 Å². The molecule has 0 aromatic heterocycles. The first-order chi connectivity index (χ1) is 9.06. The summed E-state index contributed by atoms with van der Waals surface area (Å²) in [6.45, 7) is 16.8. The fraction of sp³-hybridized carbons (Fsp3) is 0.667. The quantitative estimate of drug-likeness (QED) is 0.728. The van der Waals surface area contributed by atoms with E-state index < -0.39 is 0 Å². The summed E-state index contributed by atoms with van der Waals surface area (Å²) in [5.41, 5.74) is 1.73. The summed E-state index contributed by atoms with van der Waals surface area (Å²) in [5, 5.41) is 0. The number of hydrogen-bond donors (Lipinski definition) is 0. The minimum Gasteiger partial charge on any atom is -0.368 e. The van der Waals surface area contributed by atoms with E-state index in [4.69, 9.17) is 9.47 Å². The highest BCUT2D eigenvalue weighted by Crippen LogP contribution is 2.36. The lowest BCUT2D eigenvalue weighted by molar-refractivity contribution is -0.0773. The molecule has 0 N–H and O–H groups in total. The summed E-state index contributed by atoms with van der Waals surface area (Å²) in [6.07, 6.45) is 0.374. The zero-order chi connectivity index (χ0) is 15.6. The van der Waals surface area contributed by atoms with Gasteiger partial charge in [-0.15, -0.1) is 0 Å². The van der Waals surface area contributed by atoms with Crippen molar-refractivity contribution < 1.29 is 9.47 Å². The maximum atomic E-state index is 6.11. The topological polar surface area (TPSA) is 18.5 Å². The van der Waals surface area contributed by atoms with Crippen LogP contribution in [0.1, 0.15) is 66.5 Å². The molecule has 0 aliphatic rings. The third-order valence-corrected chi connectivity index (χ3v) is 3.28. The molecular weight excluding hydrogens is 248 g/mol. The van der Waals surface area contributed by atoms with Crippen molar-refractivity contribution in [2.75, 3.05) is 0 Å². The lowest BCUT2D eigenvalue weighted by atomic mass is 9.85. The third-order valence-electron chi connectivity index (χ3n) is 3.28. The zero-order valence-electron chi connectivity index (χ0n) is 14.3. The van der Waals surface area contributed by atoms with E-state index >= 15 is 0 Å². The minimum atomic E-state index is -0.331. The van der Waals surface area contributed by atoms with Crippen LogP contribution in [0.2, 0.25) is 0 Å². The van der Waals surface area contributed by atoms with Gasteiger partial charge in [0.25, 0.3) is 0 Å². The Hall–Kier alpha value is -0.860. The predicted molar refractivity (Wildman–Crippen MR) is 84.9 cm³/mol. The van der Waals surface area contributed by atoms with Crippen molar-refractivity contribution in [1.82, 2.24) is 0 Å². The monoisotopic (exact) mass is 278 g/mol. The van der Waals surface area contributed by atoms with E-state index in [-0.39, 0.29) is 23.4 Å². The first-order valence-corrected chi connectivity index (χ1v) is 7.52. The van der Waals surface area contributed by atoms with Crippen LogP contribution in [0.15, 0.2) is 24.3 Å². The van der Waals surface area contributed by atoms with Gasteiger partial charge in [0.05, 0.1) is 23.4 Å². The summed E-state index contributed by atoms with van der Waals surface area (Å²) >= 11 is 0. The molecule has 0 aliphatic carbocycles. The van der Waals surface area contributed by atoms with Crippen LogP contribution in [0, 0.1) is 0 Å². The fourth-order valence-corrected chi connectivity index (χ4v) is 2.84. The molecule has 0 aliphatic heterocycles. The van der Waals surface area contributed by atoms with Crippen molar-refractivity contribution in [2.24, 2.45) is 0 Å². The molecule has 2 heteroatoms. The number of ether oxygens (including phenoxy) is 2. The van der Waals surface area contributed by atoms with Gasteiger partial charge in [-0.2, -0.15) is 0 Å². The Morgan fingerprint density at radius 2 is 1.00 bits per heavy atom. The van der Waals surface area contributed by atoms with Crippen molar-refractivity contribution in [1.29, 1.82) is 0 Å². The Morgan fingerprint density at radius 1 is 0.700 bits per heavy atom. The molecule has 0 heterocycles. The second-order valence-corrected chi connectivity index (χ2v) is 6.90. The van der Waals surface area contributed by atoms with Crippen molar-refractivity contribution in [3.8, 4) is 0 Å². The van der Waals surface area contributed by atoms with Gasteiger partial charge in [-0.3, -0.25) is 0 Å². The Morgan fingerprint density at radius 3 is 1.25 bits per heavy atom. The largest absolute Gasteiger partial charge is 0.368 e. The Labute approximate surface area is 124 Å². The molecule has 114 valence electrons. The van der Waals surface area contributed by atoms with Gasteiger partial charge < -0.3 is 9.47 Å². The van der Waals surface area contributed by atoms with Crippen LogP contribution in [0.3, 0.4) is 0 Å². The van der Waals surface area contributed by atoms with E-state index in [2.05, 4.69) is 79.7 Å². The Balaban J connectivity index is 3.23. The van der Waals surface area contributed by atoms with Crippen LogP contribution < -0.4 is 0 Å². The second-order valence-electron chi connectivity index (χ2n) is 6.90. The minimum absolute atomic E-state index is 0.187. The average Bonchev–Trinajstić information content (AvgIpc) is 2.25. The molecule has 0 amide bonds. The second kappa shape index (κ2) is 6.28. The molecule has 1 aromatic carbocycles. The van der Waals surface area contributed by atoms with Gasteiger partial charge in [0.1, 0.15) is 0 Å². The van der Waals surface area contributed by atoms with Crippen molar-refractivity contribution in [3.63, 3.8) is 0 Å². The van der Waals surface area contributed by atoms with E-state index in [1.165, 1.54) is 11.1 Å². The Bertz CT molecular complexity index is 390. The summed E-state index contributed by atoms with van der Waals surface area (Å²) in [4.78, 5) is 0. The molecule has 0 unspecified atom stereocenters. The van der Waals surface area contributed by atoms with Gasteiger partial charge in [-0.1, -0.05) is 24.3 Å². The van der Waals surface area contributed by atoms with Gasteiger partial charge in [-0.05, 0) is 66.5 Å². The van der Waals surface area contributed by atoms with Crippen LogP contribution >= 0.6 is 0 Å². The maximum absolute atomic E-state index is 6.11. The zero-order valence-corrected chi connectivity index (χ0v) is 14.3. The highest BCUT2D eigenvalue weighted by molar-refractivity contribution is 5.35.